The van der Waals surface area contributed by atoms with Gasteiger partial charge in [-0.2, -0.15) is 14.6 Å². The van der Waals surface area contributed by atoms with Gasteiger partial charge < -0.3 is 4.74 Å². The molecule has 0 aliphatic rings. The number of nitrogens with one attached hydrogen (secondary N) is 1. The fraction of sp³-hybridized carbons (Fsp3) is 0.312. The average molecular weight is 369 g/mol. The van der Waals surface area contributed by atoms with Gasteiger partial charge in [0.05, 0.1) is 17.9 Å². The van der Waals surface area contributed by atoms with Gasteiger partial charge in [-0.3, -0.25) is 4.98 Å². The predicted octanol–water partition coefficient (Wildman–Crippen LogP) is 3.54. The Hall–Kier alpha value is -2.48. The van der Waals surface area contributed by atoms with Crippen molar-refractivity contribution in [3.8, 4) is 17.1 Å². The van der Waals surface area contributed by atoms with Crippen LogP contribution in [0.5, 0.6) is 6.01 Å². The number of hydrogen-bond donors (Lipinski definition) is 1. The summed E-state index contributed by atoms with van der Waals surface area (Å²) in [6, 6.07) is 2.20. The highest BCUT2D eigenvalue weighted by atomic mass is 35.5. The summed E-state index contributed by atoms with van der Waals surface area (Å²) >= 11 is 5.56. The minimum Gasteiger partial charge on any atom is -0.465 e. The van der Waals surface area contributed by atoms with Gasteiger partial charge in [0.2, 0.25) is 0 Å². The summed E-state index contributed by atoms with van der Waals surface area (Å²) in [5.41, 5.74) is 0.622. The molecule has 0 atom stereocenters. The number of aromatic amines is 1. The molecule has 1 aromatic carbocycles. The SMILES string of the molecule is CCOc1nc2c(-c3cc(F)c(Cl)c(F)c3)c(C(C)C)nn2c(=O)[nH]1. The summed E-state index contributed by atoms with van der Waals surface area (Å²) in [7, 11) is 0. The van der Waals surface area contributed by atoms with Crippen molar-refractivity contribution in [3.63, 3.8) is 0 Å². The maximum absolute atomic E-state index is 13.9. The molecule has 3 aromatic rings. The second-order valence-corrected chi connectivity index (χ2v) is 6.06. The van der Waals surface area contributed by atoms with Gasteiger partial charge in [-0.15, -0.1) is 0 Å². The Morgan fingerprint density at radius 3 is 2.52 bits per heavy atom. The zero-order chi connectivity index (χ0) is 18.3. The van der Waals surface area contributed by atoms with Crippen molar-refractivity contribution < 1.29 is 13.5 Å². The standard InChI is InChI=1S/C16H15ClF2N4O2/c1-4-25-15-20-14-11(8-5-9(18)12(17)10(19)6-8)13(7(2)3)22-23(14)16(24)21-15/h5-7H,4H2,1-3H3,(H,20,21,24). The number of aromatic nitrogens is 4. The van der Waals surface area contributed by atoms with E-state index in [4.69, 9.17) is 16.3 Å². The second-order valence-electron chi connectivity index (χ2n) is 5.68. The van der Waals surface area contributed by atoms with Crippen LogP contribution in [0.15, 0.2) is 16.9 Å². The van der Waals surface area contributed by atoms with E-state index < -0.39 is 22.3 Å². The number of H-pyrrole nitrogens is 1. The van der Waals surface area contributed by atoms with Crippen LogP contribution >= 0.6 is 11.6 Å². The summed E-state index contributed by atoms with van der Waals surface area (Å²) in [6.07, 6.45) is 0. The smallest absolute Gasteiger partial charge is 0.352 e. The van der Waals surface area contributed by atoms with Crippen molar-refractivity contribution in [3.05, 3.63) is 45.0 Å². The molecule has 0 fully saturated rings. The Morgan fingerprint density at radius 1 is 1.32 bits per heavy atom. The van der Waals surface area contributed by atoms with Crippen LogP contribution < -0.4 is 10.4 Å². The Bertz CT molecular complexity index is 990. The molecule has 2 heterocycles. The van der Waals surface area contributed by atoms with Crippen molar-refractivity contribution in [2.24, 2.45) is 0 Å². The Labute approximate surface area is 146 Å². The minimum atomic E-state index is -0.902. The van der Waals surface area contributed by atoms with Crippen LogP contribution in [0.4, 0.5) is 8.78 Å². The summed E-state index contributed by atoms with van der Waals surface area (Å²) < 4.78 is 34.2. The third-order valence-corrected chi connectivity index (χ3v) is 3.96. The van der Waals surface area contributed by atoms with E-state index in [1.54, 1.807) is 6.92 Å². The molecule has 9 heteroatoms. The molecular formula is C16H15ClF2N4O2. The predicted molar refractivity (Wildman–Crippen MR) is 89.2 cm³/mol. The van der Waals surface area contributed by atoms with Gasteiger partial charge in [-0.25, -0.2) is 13.6 Å². The summed E-state index contributed by atoms with van der Waals surface area (Å²) in [5, 5.41) is 3.66. The van der Waals surface area contributed by atoms with Crippen LogP contribution in [0.25, 0.3) is 16.8 Å². The maximum Gasteiger partial charge on any atom is 0.352 e. The van der Waals surface area contributed by atoms with E-state index in [-0.39, 0.29) is 23.1 Å². The average Bonchev–Trinajstić information content (AvgIpc) is 2.92. The molecule has 0 aliphatic heterocycles. The number of ether oxygens (including phenoxy) is 1. The van der Waals surface area contributed by atoms with E-state index in [1.165, 1.54) is 0 Å². The van der Waals surface area contributed by atoms with Crippen LogP contribution in [-0.2, 0) is 0 Å². The lowest BCUT2D eigenvalue weighted by molar-refractivity contribution is 0.310. The zero-order valence-corrected chi connectivity index (χ0v) is 14.5. The zero-order valence-electron chi connectivity index (χ0n) is 13.7. The van der Waals surface area contributed by atoms with E-state index in [9.17, 15) is 13.6 Å². The molecule has 132 valence electrons. The van der Waals surface area contributed by atoms with Gasteiger partial charge in [-0.05, 0) is 30.5 Å². The molecule has 0 bridgehead atoms. The number of benzene rings is 1. The van der Waals surface area contributed by atoms with Crippen molar-refractivity contribution >= 4 is 17.2 Å². The third-order valence-electron chi connectivity index (χ3n) is 3.60. The monoisotopic (exact) mass is 368 g/mol. The van der Waals surface area contributed by atoms with Crippen LogP contribution in [0.1, 0.15) is 32.4 Å². The van der Waals surface area contributed by atoms with Crippen molar-refractivity contribution in [1.29, 1.82) is 0 Å². The van der Waals surface area contributed by atoms with Crippen LogP contribution in [0.2, 0.25) is 5.02 Å². The molecule has 6 nitrogen and oxygen atoms in total. The van der Waals surface area contributed by atoms with Crippen LogP contribution in [0, 0.1) is 11.6 Å². The van der Waals surface area contributed by atoms with E-state index in [0.29, 0.717) is 17.9 Å². The van der Waals surface area contributed by atoms with Gasteiger partial charge in [0.15, 0.2) is 5.65 Å². The molecule has 25 heavy (non-hydrogen) atoms. The highest BCUT2D eigenvalue weighted by Crippen LogP contribution is 2.34. The number of fused-ring (bicyclic) bond motifs is 1. The molecule has 0 amide bonds. The van der Waals surface area contributed by atoms with E-state index in [1.807, 2.05) is 13.8 Å². The fourth-order valence-corrected chi connectivity index (χ4v) is 2.63. The third kappa shape index (κ3) is 2.97. The first kappa shape index (κ1) is 17.3. The van der Waals surface area contributed by atoms with Gasteiger partial charge in [0.25, 0.3) is 6.01 Å². The first-order valence-corrected chi connectivity index (χ1v) is 8.02. The quantitative estimate of drug-likeness (QED) is 0.715. The lowest BCUT2D eigenvalue weighted by atomic mass is 9.99. The Balaban J connectivity index is 2.39. The molecule has 0 unspecified atom stereocenters. The number of nitrogens with zero attached hydrogens (tertiary/aromatic N) is 3. The summed E-state index contributed by atoms with van der Waals surface area (Å²) in [5.74, 6) is -1.92. The summed E-state index contributed by atoms with van der Waals surface area (Å²) in [4.78, 5) is 18.9. The van der Waals surface area contributed by atoms with Gasteiger partial charge in [0.1, 0.15) is 16.7 Å². The fourth-order valence-electron chi connectivity index (χ4n) is 2.53. The van der Waals surface area contributed by atoms with E-state index >= 15 is 0 Å². The molecular weight excluding hydrogens is 354 g/mol. The van der Waals surface area contributed by atoms with E-state index in [0.717, 1.165) is 16.6 Å². The molecule has 0 saturated carbocycles. The first-order chi connectivity index (χ1) is 11.8. The normalized spacial score (nSPS) is 11.5. The second kappa shape index (κ2) is 6.44. The first-order valence-electron chi connectivity index (χ1n) is 7.64. The number of hydrogen-bond acceptors (Lipinski definition) is 4. The highest BCUT2D eigenvalue weighted by Gasteiger charge is 2.23. The highest BCUT2D eigenvalue weighted by molar-refractivity contribution is 6.31. The van der Waals surface area contributed by atoms with Gasteiger partial charge >= 0.3 is 5.69 Å². The lowest BCUT2D eigenvalue weighted by Gasteiger charge is -2.07. The Kier molecular flexibility index (Phi) is 4.47. The minimum absolute atomic E-state index is 0.00589. The number of halogens is 3. The molecule has 3 rings (SSSR count). The molecule has 0 spiro atoms. The Morgan fingerprint density at radius 2 is 1.96 bits per heavy atom. The molecule has 2 aromatic heterocycles. The van der Waals surface area contributed by atoms with Crippen molar-refractivity contribution in [1.82, 2.24) is 19.6 Å². The molecule has 0 saturated heterocycles. The van der Waals surface area contributed by atoms with Gasteiger partial charge in [-0.1, -0.05) is 25.4 Å². The topological polar surface area (TPSA) is 72.3 Å². The molecule has 0 radical (unpaired) electrons. The number of rotatable bonds is 4. The van der Waals surface area contributed by atoms with Crippen molar-refractivity contribution in [2.75, 3.05) is 6.61 Å². The van der Waals surface area contributed by atoms with Gasteiger partial charge in [0, 0.05) is 0 Å². The van der Waals surface area contributed by atoms with E-state index in [2.05, 4.69) is 15.1 Å². The summed E-state index contributed by atoms with van der Waals surface area (Å²) in [6.45, 7) is 5.74. The lowest BCUT2D eigenvalue weighted by Crippen LogP contribution is -2.20. The largest absolute Gasteiger partial charge is 0.465 e. The van der Waals surface area contributed by atoms with Crippen LogP contribution in [0.3, 0.4) is 0 Å². The molecule has 0 aliphatic carbocycles. The molecule has 1 N–H and O–H groups in total. The van der Waals surface area contributed by atoms with Crippen molar-refractivity contribution in [2.45, 2.75) is 26.7 Å². The maximum atomic E-state index is 13.9. The van der Waals surface area contributed by atoms with Crippen LogP contribution in [-0.4, -0.2) is 26.2 Å².